The van der Waals surface area contributed by atoms with E-state index in [2.05, 4.69) is 27.7 Å². The molecule has 0 unspecified atom stereocenters. The van der Waals surface area contributed by atoms with Crippen molar-refractivity contribution in [3.8, 4) is 6.07 Å². The van der Waals surface area contributed by atoms with Gasteiger partial charge in [0, 0.05) is 17.5 Å². The number of nitriles is 1. The van der Waals surface area contributed by atoms with Crippen LogP contribution in [-0.4, -0.2) is 28.9 Å². The van der Waals surface area contributed by atoms with Crippen LogP contribution in [0.2, 0.25) is 0 Å². The summed E-state index contributed by atoms with van der Waals surface area (Å²) < 4.78 is 0. The molecule has 1 atom stereocenters. The lowest BCUT2D eigenvalue weighted by Gasteiger charge is -2.26. The van der Waals surface area contributed by atoms with Crippen molar-refractivity contribution in [1.29, 1.82) is 5.26 Å². The van der Waals surface area contributed by atoms with Gasteiger partial charge in [-0.05, 0) is 50.0 Å². The van der Waals surface area contributed by atoms with Crippen LogP contribution in [0.3, 0.4) is 0 Å². The SMILES string of the molecule is C[C@@](C#N)(NC(=O)CN(Cc1cccs1)C1CC1)C1CC1. The Kier molecular flexibility index (Phi) is 4.01. The second-order valence-corrected chi connectivity index (χ2v) is 7.38. The van der Waals surface area contributed by atoms with Gasteiger partial charge in [-0.15, -0.1) is 11.3 Å². The molecule has 1 heterocycles. The van der Waals surface area contributed by atoms with Gasteiger partial charge in [-0.3, -0.25) is 9.69 Å². The molecule has 5 heteroatoms. The molecule has 2 aliphatic carbocycles. The Labute approximate surface area is 129 Å². The lowest BCUT2D eigenvalue weighted by Crippen LogP contribution is -2.50. The van der Waals surface area contributed by atoms with E-state index >= 15 is 0 Å². The summed E-state index contributed by atoms with van der Waals surface area (Å²) in [4.78, 5) is 15.9. The summed E-state index contributed by atoms with van der Waals surface area (Å²) in [6, 6.07) is 6.98. The van der Waals surface area contributed by atoms with E-state index in [9.17, 15) is 10.1 Å². The van der Waals surface area contributed by atoms with Gasteiger partial charge in [0.2, 0.25) is 5.91 Å². The average molecular weight is 303 g/mol. The Hall–Kier alpha value is -1.38. The summed E-state index contributed by atoms with van der Waals surface area (Å²) in [5.41, 5.74) is -0.685. The third-order valence-corrected chi connectivity index (χ3v) is 5.24. The third-order valence-electron chi connectivity index (χ3n) is 4.37. The summed E-state index contributed by atoms with van der Waals surface area (Å²) in [7, 11) is 0. The quantitative estimate of drug-likeness (QED) is 0.842. The third kappa shape index (κ3) is 3.63. The summed E-state index contributed by atoms with van der Waals surface area (Å²) >= 11 is 1.73. The highest BCUT2D eigenvalue weighted by atomic mass is 32.1. The van der Waals surface area contributed by atoms with Crippen molar-refractivity contribution in [2.45, 2.75) is 50.7 Å². The van der Waals surface area contributed by atoms with E-state index in [-0.39, 0.29) is 5.91 Å². The number of amides is 1. The van der Waals surface area contributed by atoms with Crippen LogP contribution >= 0.6 is 11.3 Å². The Morgan fingerprint density at radius 2 is 2.29 bits per heavy atom. The highest BCUT2D eigenvalue weighted by molar-refractivity contribution is 7.09. The van der Waals surface area contributed by atoms with Gasteiger partial charge in [0.15, 0.2) is 0 Å². The van der Waals surface area contributed by atoms with E-state index in [4.69, 9.17) is 0 Å². The number of rotatable bonds is 7. The fourth-order valence-corrected chi connectivity index (χ4v) is 3.48. The smallest absolute Gasteiger partial charge is 0.235 e. The normalized spacial score (nSPS) is 20.8. The van der Waals surface area contributed by atoms with E-state index in [1.165, 1.54) is 17.7 Å². The van der Waals surface area contributed by atoms with Crippen LogP contribution in [0.15, 0.2) is 17.5 Å². The lowest BCUT2D eigenvalue weighted by molar-refractivity contribution is -0.124. The standard InChI is InChI=1S/C16H21N3OS/c1-16(11-17,12-4-5-12)18-15(20)10-19(13-6-7-13)9-14-3-2-8-21-14/h2-3,8,12-13H,4-7,9-10H2,1H3,(H,18,20)/t16-/m0/s1. The van der Waals surface area contributed by atoms with Crippen molar-refractivity contribution in [3.05, 3.63) is 22.4 Å². The minimum absolute atomic E-state index is 0.0191. The highest BCUT2D eigenvalue weighted by Gasteiger charge is 2.43. The van der Waals surface area contributed by atoms with Gasteiger partial charge < -0.3 is 5.32 Å². The largest absolute Gasteiger partial charge is 0.337 e. The fraction of sp³-hybridized carbons (Fsp3) is 0.625. The molecule has 1 aromatic heterocycles. The molecule has 2 fully saturated rings. The Bertz CT molecular complexity index is 542. The highest BCUT2D eigenvalue weighted by Crippen LogP contribution is 2.39. The average Bonchev–Trinajstić information content (AvgIpc) is 3.36. The molecule has 4 nitrogen and oxygen atoms in total. The second kappa shape index (κ2) is 5.78. The number of nitrogens with zero attached hydrogens (tertiary/aromatic N) is 2. The van der Waals surface area contributed by atoms with Gasteiger partial charge in [-0.2, -0.15) is 5.26 Å². The van der Waals surface area contributed by atoms with Crippen LogP contribution in [0, 0.1) is 17.2 Å². The van der Waals surface area contributed by atoms with E-state index < -0.39 is 5.54 Å². The molecule has 0 saturated heterocycles. The van der Waals surface area contributed by atoms with Crippen LogP contribution in [0.1, 0.15) is 37.5 Å². The zero-order valence-corrected chi connectivity index (χ0v) is 13.2. The molecule has 112 valence electrons. The molecule has 3 rings (SSSR count). The molecule has 0 bridgehead atoms. The Balaban J connectivity index is 1.58. The summed E-state index contributed by atoms with van der Waals surface area (Å²) in [6.07, 6.45) is 4.45. The first kappa shape index (κ1) is 14.6. The molecular formula is C16H21N3OS. The first-order chi connectivity index (χ1) is 10.1. The first-order valence-corrected chi connectivity index (χ1v) is 8.47. The van der Waals surface area contributed by atoms with Crippen molar-refractivity contribution in [3.63, 3.8) is 0 Å². The topological polar surface area (TPSA) is 56.1 Å². The molecule has 0 aromatic carbocycles. The second-order valence-electron chi connectivity index (χ2n) is 6.35. The summed E-state index contributed by atoms with van der Waals surface area (Å²) in [6.45, 7) is 3.08. The van der Waals surface area contributed by atoms with Crippen molar-refractivity contribution < 1.29 is 4.79 Å². The minimum atomic E-state index is -0.685. The summed E-state index contributed by atoms with van der Waals surface area (Å²) in [5.74, 6) is 0.313. The molecular weight excluding hydrogens is 282 g/mol. The van der Waals surface area contributed by atoms with Gasteiger partial charge >= 0.3 is 0 Å². The molecule has 21 heavy (non-hydrogen) atoms. The maximum Gasteiger partial charge on any atom is 0.235 e. The number of nitrogens with one attached hydrogen (secondary N) is 1. The van der Waals surface area contributed by atoms with E-state index in [1.54, 1.807) is 11.3 Å². The minimum Gasteiger partial charge on any atom is -0.337 e. The molecule has 0 radical (unpaired) electrons. The number of carbonyl (C=O) groups is 1. The van der Waals surface area contributed by atoms with Crippen LogP contribution in [0.5, 0.6) is 0 Å². The number of carbonyl (C=O) groups excluding carboxylic acids is 1. The van der Waals surface area contributed by atoms with E-state index in [0.29, 0.717) is 18.5 Å². The van der Waals surface area contributed by atoms with Crippen molar-refractivity contribution in [2.75, 3.05) is 6.54 Å². The lowest BCUT2D eigenvalue weighted by atomic mass is 9.98. The van der Waals surface area contributed by atoms with Crippen LogP contribution < -0.4 is 5.32 Å². The van der Waals surface area contributed by atoms with Gasteiger partial charge in [0.25, 0.3) is 0 Å². The molecule has 1 amide bonds. The van der Waals surface area contributed by atoms with E-state index in [1.807, 2.05) is 13.0 Å². The maximum atomic E-state index is 12.3. The molecule has 1 aromatic rings. The molecule has 2 saturated carbocycles. The predicted molar refractivity (Wildman–Crippen MR) is 82.6 cm³/mol. The van der Waals surface area contributed by atoms with Crippen molar-refractivity contribution in [2.24, 2.45) is 5.92 Å². The number of hydrogen-bond acceptors (Lipinski definition) is 4. The monoisotopic (exact) mass is 303 g/mol. The number of hydrogen-bond donors (Lipinski definition) is 1. The molecule has 0 aliphatic heterocycles. The molecule has 2 aliphatic rings. The predicted octanol–water partition coefficient (Wildman–Crippen LogP) is 2.52. The Morgan fingerprint density at radius 3 is 2.81 bits per heavy atom. The van der Waals surface area contributed by atoms with E-state index in [0.717, 1.165) is 19.4 Å². The molecule has 0 spiro atoms. The first-order valence-electron chi connectivity index (χ1n) is 7.59. The van der Waals surface area contributed by atoms with Gasteiger partial charge in [-0.1, -0.05) is 6.07 Å². The van der Waals surface area contributed by atoms with Crippen LogP contribution in [-0.2, 0) is 11.3 Å². The van der Waals surface area contributed by atoms with Gasteiger partial charge in [0.1, 0.15) is 5.54 Å². The van der Waals surface area contributed by atoms with Gasteiger partial charge in [0.05, 0.1) is 12.6 Å². The van der Waals surface area contributed by atoms with Crippen LogP contribution in [0.25, 0.3) is 0 Å². The summed E-state index contributed by atoms with van der Waals surface area (Å²) in [5, 5.41) is 14.4. The maximum absolute atomic E-state index is 12.3. The molecule has 1 N–H and O–H groups in total. The Morgan fingerprint density at radius 1 is 1.52 bits per heavy atom. The van der Waals surface area contributed by atoms with Crippen LogP contribution in [0.4, 0.5) is 0 Å². The zero-order valence-electron chi connectivity index (χ0n) is 12.3. The van der Waals surface area contributed by atoms with Crippen molar-refractivity contribution >= 4 is 17.2 Å². The fourth-order valence-electron chi connectivity index (χ4n) is 2.75. The van der Waals surface area contributed by atoms with Gasteiger partial charge in [-0.25, -0.2) is 0 Å². The zero-order chi connectivity index (χ0) is 14.9. The van der Waals surface area contributed by atoms with Crippen molar-refractivity contribution in [1.82, 2.24) is 10.2 Å². The number of thiophene rings is 1.